The van der Waals surface area contributed by atoms with E-state index in [1.807, 2.05) is 22.7 Å². The number of hydrogen-bond acceptors (Lipinski definition) is 5. The summed E-state index contributed by atoms with van der Waals surface area (Å²) in [6, 6.07) is 2.32. The number of hydrogen-bond donors (Lipinski definition) is 0. The van der Waals surface area contributed by atoms with E-state index in [2.05, 4.69) is 37.6 Å². The van der Waals surface area contributed by atoms with Gasteiger partial charge in [0.1, 0.15) is 13.2 Å². The fraction of sp³-hybridized carbons (Fsp3) is 0.455. The summed E-state index contributed by atoms with van der Waals surface area (Å²) >= 11 is 5.57. The molecule has 0 unspecified atom stereocenters. The average Bonchev–Trinajstić information content (AvgIpc) is 3.37. The lowest BCUT2D eigenvalue weighted by Gasteiger charge is -2.15. The van der Waals surface area contributed by atoms with Crippen LogP contribution in [0.5, 0.6) is 11.5 Å². The zero-order valence-corrected chi connectivity index (χ0v) is 18.7. The van der Waals surface area contributed by atoms with Gasteiger partial charge in [-0.05, 0) is 54.3 Å². The number of aryl methyl sites for hydroxylation is 2. The zero-order chi connectivity index (χ0) is 18.8. The van der Waals surface area contributed by atoms with Gasteiger partial charge in [-0.3, -0.25) is 0 Å². The van der Waals surface area contributed by atoms with Crippen molar-refractivity contribution >= 4 is 34.0 Å². The molecule has 1 aliphatic heterocycles. The maximum absolute atomic E-state index is 5.91. The molecule has 0 aliphatic carbocycles. The molecule has 0 atom stereocenters. The van der Waals surface area contributed by atoms with Crippen LogP contribution < -0.4 is 9.47 Å². The largest absolute Gasteiger partial charge is 0.485 e. The Morgan fingerprint density at radius 1 is 0.926 bits per heavy atom. The molecule has 0 spiro atoms. The molecule has 0 bridgehead atoms. The van der Waals surface area contributed by atoms with Crippen LogP contribution >= 0.6 is 34.0 Å². The molecular formula is C22H26O2S3. The predicted molar refractivity (Wildman–Crippen MR) is 119 cm³/mol. The smallest absolute Gasteiger partial charge is 0.180 e. The first kappa shape index (κ1) is 19.0. The van der Waals surface area contributed by atoms with Gasteiger partial charge in [-0.1, -0.05) is 26.7 Å². The van der Waals surface area contributed by atoms with Crippen LogP contribution in [0.4, 0.5) is 0 Å². The molecule has 3 aromatic rings. The monoisotopic (exact) mass is 418 g/mol. The van der Waals surface area contributed by atoms with Crippen molar-refractivity contribution in [3.05, 3.63) is 33.5 Å². The summed E-state index contributed by atoms with van der Waals surface area (Å²) in [7, 11) is 0. The molecule has 2 nitrogen and oxygen atoms in total. The standard InChI is InChI=1S/C22H26O2S3/c1-4-6-8-15-12-25-21(16(15)7-5-2)20-14(3)11-18(27-20)22-19-17(13-26-22)23-9-10-24-19/h11-13H,4-10H2,1-3H3. The van der Waals surface area contributed by atoms with Gasteiger partial charge in [0.2, 0.25) is 0 Å². The molecule has 0 fully saturated rings. The molecule has 1 aliphatic rings. The van der Waals surface area contributed by atoms with Gasteiger partial charge in [0.15, 0.2) is 11.5 Å². The summed E-state index contributed by atoms with van der Waals surface area (Å²) in [5, 5.41) is 4.48. The van der Waals surface area contributed by atoms with Gasteiger partial charge >= 0.3 is 0 Å². The zero-order valence-electron chi connectivity index (χ0n) is 16.2. The number of unbranched alkanes of at least 4 members (excludes halogenated alkanes) is 1. The van der Waals surface area contributed by atoms with Crippen molar-refractivity contribution in [2.24, 2.45) is 0 Å². The van der Waals surface area contributed by atoms with Crippen molar-refractivity contribution in [1.82, 2.24) is 0 Å². The Bertz CT molecular complexity index is 916. The second-order valence-electron chi connectivity index (χ2n) is 7.00. The topological polar surface area (TPSA) is 18.5 Å². The van der Waals surface area contributed by atoms with Gasteiger partial charge in [-0.15, -0.1) is 34.0 Å². The number of rotatable bonds is 7. The Labute approximate surface area is 173 Å². The van der Waals surface area contributed by atoms with Crippen molar-refractivity contribution in [2.45, 2.75) is 52.9 Å². The molecule has 0 aromatic carbocycles. The second-order valence-corrected chi connectivity index (χ2v) is 9.81. The summed E-state index contributed by atoms with van der Waals surface area (Å²) in [5.41, 5.74) is 4.52. The van der Waals surface area contributed by atoms with Crippen molar-refractivity contribution < 1.29 is 9.47 Å². The van der Waals surface area contributed by atoms with Crippen molar-refractivity contribution in [1.29, 1.82) is 0 Å². The van der Waals surface area contributed by atoms with E-state index in [0.717, 1.165) is 11.5 Å². The van der Waals surface area contributed by atoms with Gasteiger partial charge in [-0.2, -0.15) is 0 Å². The van der Waals surface area contributed by atoms with E-state index >= 15 is 0 Å². The number of thiophene rings is 3. The minimum absolute atomic E-state index is 0.639. The first-order chi connectivity index (χ1) is 13.2. The van der Waals surface area contributed by atoms with Crippen LogP contribution in [0.1, 0.15) is 49.8 Å². The summed E-state index contributed by atoms with van der Waals surface area (Å²) < 4.78 is 11.6. The van der Waals surface area contributed by atoms with Crippen LogP contribution in [0.3, 0.4) is 0 Å². The predicted octanol–water partition coefficient (Wildman–Crippen LogP) is 7.58. The molecule has 27 heavy (non-hydrogen) atoms. The molecule has 0 amide bonds. The lowest BCUT2D eigenvalue weighted by atomic mass is 10.0. The Morgan fingerprint density at radius 3 is 2.56 bits per heavy atom. The van der Waals surface area contributed by atoms with Crippen molar-refractivity contribution in [3.63, 3.8) is 0 Å². The molecule has 0 radical (unpaired) electrons. The first-order valence-electron chi connectivity index (χ1n) is 9.80. The summed E-state index contributed by atoms with van der Waals surface area (Å²) in [6.45, 7) is 8.09. The lowest BCUT2D eigenvalue weighted by Crippen LogP contribution is -2.14. The Hall–Kier alpha value is -1.30. The minimum atomic E-state index is 0.639. The van der Waals surface area contributed by atoms with E-state index in [-0.39, 0.29) is 0 Å². The molecule has 144 valence electrons. The van der Waals surface area contributed by atoms with E-state index < -0.39 is 0 Å². The average molecular weight is 419 g/mol. The van der Waals surface area contributed by atoms with E-state index in [4.69, 9.17) is 9.47 Å². The fourth-order valence-corrected chi connectivity index (χ4v) is 7.18. The summed E-state index contributed by atoms with van der Waals surface area (Å²) in [4.78, 5) is 5.42. The number of ether oxygens (including phenoxy) is 2. The molecule has 4 rings (SSSR count). The molecule has 4 heterocycles. The highest BCUT2D eigenvalue weighted by Crippen LogP contribution is 2.50. The second kappa shape index (κ2) is 8.38. The highest BCUT2D eigenvalue weighted by Gasteiger charge is 2.23. The minimum Gasteiger partial charge on any atom is -0.485 e. The SMILES string of the molecule is CCCCc1csc(-c2sc(-c3scc4c3OCCO4)cc2C)c1CCC. The van der Waals surface area contributed by atoms with Crippen LogP contribution in [0.25, 0.3) is 19.5 Å². The van der Waals surface area contributed by atoms with E-state index in [1.54, 1.807) is 22.5 Å². The molecule has 0 saturated heterocycles. The first-order valence-corrected chi connectivity index (χ1v) is 12.4. The molecule has 0 saturated carbocycles. The molecular weight excluding hydrogens is 392 g/mol. The van der Waals surface area contributed by atoms with Gasteiger partial charge in [0.25, 0.3) is 0 Å². The van der Waals surface area contributed by atoms with Gasteiger partial charge < -0.3 is 9.47 Å². The van der Waals surface area contributed by atoms with Crippen LogP contribution in [0.15, 0.2) is 16.8 Å². The lowest BCUT2D eigenvalue weighted by molar-refractivity contribution is 0.174. The van der Waals surface area contributed by atoms with Crippen LogP contribution in [-0.4, -0.2) is 13.2 Å². The normalized spacial score (nSPS) is 13.3. The van der Waals surface area contributed by atoms with E-state index in [1.165, 1.54) is 57.2 Å². The van der Waals surface area contributed by atoms with E-state index in [9.17, 15) is 0 Å². The highest BCUT2D eigenvalue weighted by molar-refractivity contribution is 7.26. The summed E-state index contributed by atoms with van der Waals surface area (Å²) in [5.74, 6) is 1.83. The fourth-order valence-electron chi connectivity index (χ4n) is 3.56. The van der Waals surface area contributed by atoms with Gasteiger partial charge in [-0.25, -0.2) is 0 Å². The maximum Gasteiger partial charge on any atom is 0.180 e. The number of fused-ring (bicyclic) bond motifs is 1. The third kappa shape index (κ3) is 3.69. The van der Waals surface area contributed by atoms with Gasteiger partial charge in [0.05, 0.1) is 4.88 Å². The Balaban J connectivity index is 1.72. The van der Waals surface area contributed by atoms with E-state index in [0.29, 0.717) is 13.2 Å². The Kier molecular flexibility index (Phi) is 5.90. The molecule has 3 aromatic heterocycles. The Morgan fingerprint density at radius 2 is 1.74 bits per heavy atom. The maximum atomic E-state index is 5.91. The molecule has 5 heteroatoms. The quantitative estimate of drug-likeness (QED) is 0.394. The van der Waals surface area contributed by atoms with Crippen molar-refractivity contribution in [2.75, 3.05) is 13.2 Å². The van der Waals surface area contributed by atoms with Crippen molar-refractivity contribution in [3.8, 4) is 31.0 Å². The van der Waals surface area contributed by atoms with Gasteiger partial charge in [0, 0.05) is 20.0 Å². The van der Waals surface area contributed by atoms with Crippen LogP contribution in [0.2, 0.25) is 0 Å². The van der Waals surface area contributed by atoms with Crippen LogP contribution in [0, 0.1) is 6.92 Å². The third-order valence-electron chi connectivity index (χ3n) is 4.93. The highest BCUT2D eigenvalue weighted by atomic mass is 32.1. The van der Waals surface area contributed by atoms with Crippen LogP contribution in [-0.2, 0) is 12.8 Å². The summed E-state index contributed by atoms with van der Waals surface area (Å²) in [6.07, 6.45) is 6.12. The third-order valence-corrected chi connectivity index (χ3v) is 8.52. The molecule has 0 N–H and O–H groups in total.